The van der Waals surface area contributed by atoms with Crippen LogP contribution < -0.4 is 10.1 Å². The van der Waals surface area contributed by atoms with Crippen LogP contribution in [0.5, 0.6) is 5.75 Å². The number of rotatable bonds is 4. The molecule has 1 amide bonds. The van der Waals surface area contributed by atoms with Gasteiger partial charge in [-0.3, -0.25) is 4.79 Å². The lowest BCUT2D eigenvalue weighted by molar-refractivity contribution is -0.120. The highest BCUT2D eigenvalue weighted by Gasteiger charge is 2.12. The number of ether oxygens (including phenoxy) is 1. The molecule has 2 rings (SSSR count). The van der Waals surface area contributed by atoms with E-state index < -0.39 is 0 Å². The van der Waals surface area contributed by atoms with Crippen LogP contribution in [0.2, 0.25) is 0 Å². The van der Waals surface area contributed by atoms with E-state index in [1.807, 2.05) is 12.1 Å². The summed E-state index contributed by atoms with van der Waals surface area (Å²) in [5.74, 6) is 1.57. The zero-order chi connectivity index (χ0) is 13.0. The Labute approximate surface area is 109 Å². The number of hydrogen-bond acceptors (Lipinski definition) is 2. The number of carbonyl (C=O) groups excluding carboxylic acids is 1. The second-order valence-electron chi connectivity index (χ2n) is 5.27. The molecule has 0 spiro atoms. The number of aryl methyl sites for hydroxylation is 1. The van der Waals surface area contributed by atoms with Gasteiger partial charge >= 0.3 is 0 Å². The first-order valence-electron chi connectivity index (χ1n) is 6.66. The van der Waals surface area contributed by atoms with Crippen LogP contribution in [0.25, 0.3) is 0 Å². The van der Waals surface area contributed by atoms with Crippen LogP contribution in [0.1, 0.15) is 31.4 Å². The van der Waals surface area contributed by atoms with E-state index in [1.54, 1.807) is 0 Å². The number of benzene rings is 1. The van der Waals surface area contributed by atoms with E-state index in [4.69, 9.17) is 4.74 Å². The predicted molar refractivity (Wildman–Crippen MR) is 71.8 cm³/mol. The fraction of sp³-hybridized carbons (Fsp3) is 0.533. The van der Waals surface area contributed by atoms with Crippen molar-refractivity contribution in [2.45, 2.75) is 33.1 Å². The van der Waals surface area contributed by atoms with E-state index in [0.717, 1.165) is 37.3 Å². The summed E-state index contributed by atoms with van der Waals surface area (Å²) in [5, 5.41) is 2.94. The van der Waals surface area contributed by atoms with Gasteiger partial charge in [0.25, 0.3) is 0 Å². The van der Waals surface area contributed by atoms with Gasteiger partial charge in [-0.25, -0.2) is 0 Å². The Morgan fingerprint density at radius 3 is 3.06 bits per heavy atom. The lowest BCUT2D eigenvalue weighted by Crippen LogP contribution is -2.28. The maximum atomic E-state index is 11.7. The molecule has 1 aromatic carbocycles. The lowest BCUT2D eigenvalue weighted by Gasteiger charge is -2.17. The standard InChI is InChI=1S/C15H21NO2/c1-11(2)10-16-15(17)9-12-5-6-14-13(8-12)4-3-7-18-14/h5-6,8,11H,3-4,7,9-10H2,1-2H3,(H,16,17). The van der Waals surface area contributed by atoms with Crippen LogP contribution in [0, 0.1) is 5.92 Å². The van der Waals surface area contributed by atoms with Crippen molar-refractivity contribution in [1.82, 2.24) is 5.32 Å². The van der Waals surface area contributed by atoms with Crippen LogP contribution in [0.3, 0.4) is 0 Å². The molecule has 0 fully saturated rings. The van der Waals surface area contributed by atoms with E-state index in [1.165, 1.54) is 5.56 Å². The summed E-state index contributed by atoms with van der Waals surface area (Å²) in [4.78, 5) is 11.7. The Balaban J connectivity index is 1.95. The minimum atomic E-state index is 0.0976. The second-order valence-corrected chi connectivity index (χ2v) is 5.27. The molecular weight excluding hydrogens is 226 g/mol. The van der Waals surface area contributed by atoms with Gasteiger partial charge in [0.1, 0.15) is 5.75 Å². The van der Waals surface area contributed by atoms with Gasteiger partial charge in [-0.1, -0.05) is 26.0 Å². The molecule has 0 unspecified atom stereocenters. The number of hydrogen-bond donors (Lipinski definition) is 1. The molecule has 18 heavy (non-hydrogen) atoms. The first kappa shape index (κ1) is 12.9. The zero-order valence-corrected chi connectivity index (χ0v) is 11.2. The van der Waals surface area contributed by atoms with Crippen molar-refractivity contribution in [1.29, 1.82) is 0 Å². The fourth-order valence-electron chi connectivity index (χ4n) is 2.09. The quantitative estimate of drug-likeness (QED) is 0.886. The molecule has 0 saturated heterocycles. The first-order chi connectivity index (χ1) is 8.65. The van der Waals surface area contributed by atoms with Gasteiger partial charge < -0.3 is 10.1 Å². The minimum absolute atomic E-state index is 0.0976. The third kappa shape index (κ3) is 3.49. The van der Waals surface area contributed by atoms with E-state index in [2.05, 4.69) is 25.2 Å². The summed E-state index contributed by atoms with van der Waals surface area (Å²) in [6, 6.07) is 6.07. The maximum absolute atomic E-state index is 11.7. The molecule has 1 aliphatic heterocycles. The normalized spacial score (nSPS) is 13.9. The smallest absolute Gasteiger partial charge is 0.224 e. The Morgan fingerprint density at radius 2 is 2.28 bits per heavy atom. The molecule has 0 atom stereocenters. The molecule has 1 heterocycles. The monoisotopic (exact) mass is 247 g/mol. The van der Waals surface area contributed by atoms with Crippen molar-refractivity contribution in [2.24, 2.45) is 5.92 Å². The Bertz CT molecular complexity index is 427. The third-order valence-electron chi connectivity index (χ3n) is 3.05. The molecule has 0 bridgehead atoms. The summed E-state index contributed by atoms with van der Waals surface area (Å²) in [6.07, 6.45) is 2.58. The average Bonchev–Trinajstić information content (AvgIpc) is 2.36. The molecular formula is C15H21NO2. The SMILES string of the molecule is CC(C)CNC(=O)Cc1ccc2c(c1)CCCO2. The van der Waals surface area contributed by atoms with Gasteiger partial charge in [-0.15, -0.1) is 0 Å². The van der Waals surface area contributed by atoms with E-state index in [-0.39, 0.29) is 5.91 Å². The van der Waals surface area contributed by atoms with Crippen LogP contribution in [-0.4, -0.2) is 19.1 Å². The van der Waals surface area contributed by atoms with Gasteiger partial charge in [0.05, 0.1) is 13.0 Å². The number of amides is 1. The molecule has 1 aromatic rings. The summed E-state index contributed by atoms with van der Waals surface area (Å²) >= 11 is 0. The lowest BCUT2D eigenvalue weighted by atomic mass is 10.0. The minimum Gasteiger partial charge on any atom is -0.493 e. The van der Waals surface area contributed by atoms with E-state index in [0.29, 0.717) is 12.3 Å². The molecule has 3 heteroatoms. The summed E-state index contributed by atoms with van der Waals surface area (Å²) in [5.41, 5.74) is 2.30. The van der Waals surface area contributed by atoms with Gasteiger partial charge in [-0.2, -0.15) is 0 Å². The summed E-state index contributed by atoms with van der Waals surface area (Å²) < 4.78 is 5.56. The average molecular weight is 247 g/mol. The van der Waals surface area contributed by atoms with Crippen molar-refractivity contribution >= 4 is 5.91 Å². The van der Waals surface area contributed by atoms with Gasteiger partial charge in [0.2, 0.25) is 5.91 Å². The largest absolute Gasteiger partial charge is 0.493 e. The molecule has 0 aliphatic carbocycles. The highest BCUT2D eigenvalue weighted by atomic mass is 16.5. The maximum Gasteiger partial charge on any atom is 0.224 e. The first-order valence-corrected chi connectivity index (χ1v) is 6.66. The number of nitrogens with one attached hydrogen (secondary N) is 1. The molecule has 0 saturated carbocycles. The number of fused-ring (bicyclic) bond motifs is 1. The van der Waals surface area contributed by atoms with Crippen molar-refractivity contribution in [3.8, 4) is 5.75 Å². The number of carbonyl (C=O) groups is 1. The molecule has 1 aliphatic rings. The fourth-order valence-corrected chi connectivity index (χ4v) is 2.09. The molecule has 0 aromatic heterocycles. The van der Waals surface area contributed by atoms with Crippen LogP contribution in [0.15, 0.2) is 18.2 Å². The predicted octanol–water partition coefficient (Wildman–Crippen LogP) is 2.33. The Hall–Kier alpha value is -1.51. The van der Waals surface area contributed by atoms with Crippen LogP contribution in [-0.2, 0) is 17.6 Å². The van der Waals surface area contributed by atoms with Crippen molar-refractivity contribution in [3.05, 3.63) is 29.3 Å². The molecule has 1 N–H and O–H groups in total. The van der Waals surface area contributed by atoms with Crippen LogP contribution in [0.4, 0.5) is 0 Å². The third-order valence-corrected chi connectivity index (χ3v) is 3.05. The molecule has 3 nitrogen and oxygen atoms in total. The summed E-state index contributed by atoms with van der Waals surface area (Å²) in [6.45, 7) is 5.74. The molecule has 0 radical (unpaired) electrons. The van der Waals surface area contributed by atoms with Crippen molar-refractivity contribution < 1.29 is 9.53 Å². The highest BCUT2D eigenvalue weighted by molar-refractivity contribution is 5.78. The summed E-state index contributed by atoms with van der Waals surface area (Å²) in [7, 11) is 0. The van der Waals surface area contributed by atoms with Crippen molar-refractivity contribution in [2.75, 3.05) is 13.2 Å². The zero-order valence-electron chi connectivity index (χ0n) is 11.2. The molecule has 98 valence electrons. The Morgan fingerprint density at radius 1 is 1.44 bits per heavy atom. The van der Waals surface area contributed by atoms with Gasteiger partial charge in [0, 0.05) is 6.54 Å². The Kier molecular flexibility index (Phi) is 4.24. The van der Waals surface area contributed by atoms with Crippen LogP contribution >= 0.6 is 0 Å². The van der Waals surface area contributed by atoms with Gasteiger partial charge in [-0.05, 0) is 36.0 Å². The van der Waals surface area contributed by atoms with E-state index >= 15 is 0 Å². The second kappa shape index (κ2) is 5.89. The highest BCUT2D eigenvalue weighted by Crippen LogP contribution is 2.25. The van der Waals surface area contributed by atoms with Crippen molar-refractivity contribution in [3.63, 3.8) is 0 Å². The van der Waals surface area contributed by atoms with Gasteiger partial charge in [0.15, 0.2) is 0 Å². The van der Waals surface area contributed by atoms with E-state index in [9.17, 15) is 4.79 Å². The topological polar surface area (TPSA) is 38.3 Å².